The zero-order chi connectivity index (χ0) is 29.8. The topological polar surface area (TPSA) is 66.8 Å². The Labute approximate surface area is 254 Å². The van der Waals surface area contributed by atoms with Gasteiger partial charge in [-0.3, -0.25) is 0 Å². The second-order valence-corrected chi connectivity index (χ2v) is 12.7. The van der Waals surface area contributed by atoms with Crippen molar-refractivity contribution in [3.8, 4) is 0 Å². The maximum absolute atomic E-state index is 11.6. The van der Waals surface area contributed by atoms with Crippen molar-refractivity contribution in [1.82, 2.24) is 0 Å². The van der Waals surface area contributed by atoms with E-state index in [4.69, 9.17) is 4.74 Å². The van der Waals surface area contributed by atoms with E-state index in [1.54, 1.807) is 0 Å². The molecule has 0 saturated carbocycles. The molecule has 0 aliphatic carbocycles. The van der Waals surface area contributed by atoms with Crippen LogP contribution in [0.15, 0.2) is 23.8 Å². The van der Waals surface area contributed by atoms with Gasteiger partial charge in [0.25, 0.3) is 0 Å². The van der Waals surface area contributed by atoms with Gasteiger partial charge in [-0.15, -0.1) is 0 Å². The predicted molar refractivity (Wildman–Crippen MR) is 175 cm³/mol. The summed E-state index contributed by atoms with van der Waals surface area (Å²) in [4.78, 5) is 11.6. The molecule has 0 radical (unpaired) electrons. The number of hydrogen-bond acceptors (Lipinski definition) is 4. The number of rotatable bonds is 30. The largest absolute Gasteiger partial charge is 0.455 e. The first-order valence-electron chi connectivity index (χ1n) is 18.0. The minimum atomic E-state index is -0.586. The molecule has 0 bridgehead atoms. The molecule has 2 N–H and O–H groups in total. The van der Waals surface area contributed by atoms with E-state index in [-0.39, 0.29) is 12.1 Å². The lowest BCUT2D eigenvalue weighted by Crippen LogP contribution is -2.25. The molecule has 1 aliphatic heterocycles. The van der Waals surface area contributed by atoms with Crippen LogP contribution < -0.4 is 0 Å². The highest BCUT2D eigenvalue weighted by Crippen LogP contribution is 2.20. The average Bonchev–Trinajstić information content (AvgIpc) is 3.29. The fraction of sp³-hybridized carbons (Fsp3) is 0.865. The molecule has 1 aliphatic rings. The maximum Gasteiger partial charge on any atom is 0.334 e. The Morgan fingerprint density at radius 1 is 0.634 bits per heavy atom. The number of ether oxygens (including phenoxy) is 1. The van der Waals surface area contributed by atoms with E-state index in [9.17, 15) is 15.0 Å². The van der Waals surface area contributed by atoms with Gasteiger partial charge in [0.05, 0.1) is 12.2 Å². The fourth-order valence-corrected chi connectivity index (χ4v) is 5.89. The number of carbonyl (C=O) groups is 1. The molecule has 3 atom stereocenters. The van der Waals surface area contributed by atoms with E-state index in [0.29, 0.717) is 6.42 Å². The number of hydrogen-bond donors (Lipinski definition) is 2. The summed E-state index contributed by atoms with van der Waals surface area (Å²) in [5, 5.41) is 20.5. The molecule has 0 aromatic rings. The molecule has 4 nitrogen and oxygen atoms in total. The summed E-state index contributed by atoms with van der Waals surface area (Å²) in [5.74, 6) is -0.112. The van der Waals surface area contributed by atoms with Crippen molar-refractivity contribution < 1.29 is 19.7 Å². The predicted octanol–water partition coefficient (Wildman–Crippen LogP) is 10.7. The van der Waals surface area contributed by atoms with Gasteiger partial charge >= 0.3 is 5.97 Å². The molecule has 0 aromatic heterocycles. The molecular formula is C37H68O4. The standard InChI is InChI=1S/C37H68O4/c1-3-4-5-6-7-8-9-10-11-15-18-21-24-27-30-35(38)36(39)31-28-25-22-19-16-13-12-14-17-20-23-26-29-34-32-33(2)41-37(34)40/h21,24,32-33,35-36,38-39H,3-20,22-23,25-31H2,1-2H3/b24-21-. The van der Waals surface area contributed by atoms with Gasteiger partial charge in [-0.2, -0.15) is 0 Å². The average molecular weight is 577 g/mol. The summed E-state index contributed by atoms with van der Waals surface area (Å²) in [6, 6.07) is 0. The highest BCUT2D eigenvalue weighted by molar-refractivity contribution is 5.90. The van der Waals surface area contributed by atoms with Crippen molar-refractivity contribution >= 4 is 5.97 Å². The van der Waals surface area contributed by atoms with Crippen molar-refractivity contribution in [2.75, 3.05) is 0 Å². The van der Waals surface area contributed by atoms with E-state index in [1.165, 1.54) is 122 Å². The first-order chi connectivity index (χ1) is 20.0. The molecule has 0 fully saturated rings. The SMILES string of the molecule is CCCCCCCCCCCC/C=C\CCC(O)C(O)CCCCCCCCCCCCCCC1=CC(C)OC1=O. The lowest BCUT2D eigenvalue weighted by atomic mass is 10.0. The first-order valence-corrected chi connectivity index (χ1v) is 18.0. The Kier molecular flexibility index (Phi) is 25.6. The molecular weight excluding hydrogens is 508 g/mol. The normalized spacial score (nSPS) is 16.8. The van der Waals surface area contributed by atoms with Crippen LogP contribution >= 0.6 is 0 Å². The molecule has 1 heterocycles. The molecule has 1 rings (SSSR count). The van der Waals surface area contributed by atoms with Gasteiger partial charge in [-0.25, -0.2) is 4.79 Å². The van der Waals surface area contributed by atoms with E-state index in [2.05, 4.69) is 19.1 Å². The van der Waals surface area contributed by atoms with Crippen LogP contribution in [0.4, 0.5) is 0 Å². The van der Waals surface area contributed by atoms with Crippen LogP contribution in [0.1, 0.15) is 187 Å². The van der Waals surface area contributed by atoms with Crippen molar-refractivity contribution in [2.24, 2.45) is 0 Å². The molecule has 0 amide bonds. The number of carbonyl (C=O) groups excluding carboxylic acids is 1. The Balaban J connectivity index is 1.79. The monoisotopic (exact) mass is 577 g/mol. The minimum Gasteiger partial charge on any atom is -0.455 e. The molecule has 0 saturated heterocycles. The van der Waals surface area contributed by atoms with Gasteiger partial charge in [0.1, 0.15) is 6.10 Å². The quantitative estimate of drug-likeness (QED) is 0.0507. The van der Waals surface area contributed by atoms with Crippen molar-refractivity contribution in [3.05, 3.63) is 23.8 Å². The zero-order valence-corrected chi connectivity index (χ0v) is 27.3. The van der Waals surface area contributed by atoms with Crippen molar-refractivity contribution in [2.45, 2.75) is 206 Å². The Morgan fingerprint density at radius 3 is 1.59 bits per heavy atom. The van der Waals surface area contributed by atoms with Crippen LogP contribution in [0.3, 0.4) is 0 Å². The fourth-order valence-electron chi connectivity index (χ4n) is 5.89. The number of aliphatic hydroxyl groups excluding tert-OH is 2. The number of aliphatic hydroxyl groups is 2. The molecule has 3 unspecified atom stereocenters. The number of cyclic esters (lactones) is 1. The van der Waals surface area contributed by atoms with Crippen LogP contribution in [0.2, 0.25) is 0 Å². The van der Waals surface area contributed by atoms with E-state index in [0.717, 1.165) is 50.5 Å². The van der Waals surface area contributed by atoms with Crippen LogP contribution in [0.25, 0.3) is 0 Å². The molecule has 0 aromatic carbocycles. The molecule has 41 heavy (non-hydrogen) atoms. The summed E-state index contributed by atoms with van der Waals surface area (Å²) >= 11 is 0. The van der Waals surface area contributed by atoms with Gasteiger partial charge in [0.2, 0.25) is 0 Å². The number of allylic oxidation sites excluding steroid dienone is 2. The smallest absolute Gasteiger partial charge is 0.334 e. The van der Waals surface area contributed by atoms with Gasteiger partial charge < -0.3 is 14.9 Å². The maximum atomic E-state index is 11.6. The van der Waals surface area contributed by atoms with Gasteiger partial charge in [0.15, 0.2) is 0 Å². The Bertz CT molecular complexity index is 655. The third kappa shape index (κ3) is 23.1. The highest BCUT2D eigenvalue weighted by atomic mass is 16.5. The van der Waals surface area contributed by atoms with E-state index in [1.807, 2.05) is 13.0 Å². The Hall–Kier alpha value is -1.13. The van der Waals surface area contributed by atoms with Crippen LogP contribution in [0, 0.1) is 0 Å². The van der Waals surface area contributed by atoms with Gasteiger partial charge in [0, 0.05) is 5.57 Å². The second kappa shape index (κ2) is 27.7. The van der Waals surface area contributed by atoms with Gasteiger partial charge in [-0.1, -0.05) is 147 Å². The zero-order valence-electron chi connectivity index (χ0n) is 27.3. The van der Waals surface area contributed by atoms with Crippen LogP contribution in [-0.4, -0.2) is 34.5 Å². The summed E-state index contributed by atoms with van der Waals surface area (Å²) in [7, 11) is 0. The second-order valence-electron chi connectivity index (χ2n) is 12.7. The molecule has 240 valence electrons. The van der Waals surface area contributed by atoms with E-state index >= 15 is 0 Å². The lowest BCUT2D eigenvalue weighted by molar-refractivity contribution is -0.139. The molecule has 0 spiro atoms. The van der Waals surface area contributed by atoms with E-state index < -0.39 is 12.2 Å². The number of unbranched alkanes of at least 4 members (excludes halogenated alkanes) is 21. The minimum absolute atomic E-state index is 0.0385. The van der Waals surface area contributed by atoms with Crippen molar-refractivity contribution in [1.29, 1.82) is 0 Å². The summed E-state index contributed by atoms with van der Waals surface area (Å²) in [6.45, 7) is 4.19. The molecule has 4 heteroatoms. The summed E-state index contributed by atoms with van der Waals surface area (Å²) in [6.07, 6.45) is 38.1. The lowest BCUT2D eigenvalue weighted by Gasteiger charge is -2.17. The third-order valence-corrected chi connectivity index (χ3v) is 8.65. The number of esters is 1. The summed E-state index contributed by atoms with van der Waals surface area (Å²) < 4.78 is 5.14. The van der Waals surface area contributed by atoms with Crippen LogP contribution in [0.5, 0.6) is 0 Å². The third-order valence-electron chi connectivity index (χ3n) is 8.65. The first kappa shape index (κ1) is 37.9. The highest BCUT2D eigenvalue weighted by Gasteiger charge is 2.21. The van der Waals surface area contributed by atoms with Crippen LogP contribution in [-0.2, 0) is 9.53 Å². The van der Waals surface area contributed by atoms with Crippen molar-refractivity contribution in [3.63, 3.8) is 0 Å². The summed E-state index contributed by atoms with van der Waals surface area (Å²) in [5.41, 5.74) is 0.876. The van der Waals surface area contributed by atoms with Gasteiger partial charge in [-0.05, 0) is 57.9 Å². The Morgan fingerprint density at radius 2 is 1.07 bits per heavy atom.